The fraction of sp³-hybridized carbons (Fsp3) is 0.533. The fourth-order valence-electron chi connectivity index (χ4n) is 2.80. The highest BCUT2D eigenvalue weighted by Gasteiger charge is 2.42. The Balaban J connectivity index is 2.25. The number of hydrogen-bond donors (Lipinski definition) is 2. The van der Waals surface area contributed by atoms with Crippen LogP contribution in [-0.2, 0) is 10.2 Å². The molecule has 0 saturated heterocycles. The van der Waals surface area contributed by atoms with Crippen molar-refractivity contribution in [1.82, 2.24) is 5.32 Å². The molecule has 1 saturated carbocycles. The zero-order valence-corrected chi connectivity index (χ0v) is 11.0. The molecular formula is C15H22N2O. The lowest BCUT2D eigenvalue weighted by atomic mass is 9.78. The molecule has 1 aliphatic rings. The zero-order valence-electron chi connectivity index (χ0n) is 11.0. The molecule has 0 spiro atoms. The van der Waals surface area contributed by atoms with E-state index >= 15 is 0 Å². The number of carbonyl (C=O) groups excluding carboxylic acids is 1. The van der Waals surface area contributed by atoms with Crippen LogP contribution in [0, 0.1) is 0 Å². The van der Waals surface area contributed by atoms with Gasteiger partial charge in [0.2, 0.25) is 5.91 Å². The molecule has 0 unspecified atom stereocenters. The third kappa shape index (κ3) is 2.41. The molecular weight excluding hydrogens is 224 g/mol. The summed E-state index contributed by atoms with van der Waals surface area (Å²) >= 11 is 0. The van der Waals surface area contributed by atoms with E-state index in [9.17, 15) is 4.79 Å². The van der Waals surface area contributed by atoms with Gasteiger partial charge >= 0.3 is 0 Å². The van der Waals surface area contributed by atoms with Gasteiger partial charge in [0.1, 0.15) is 0 Å². The van der Waals surface area contributed by atoms with Gasteiger partial charge in [0.05, 0.1) is 5.41 Å². The second-order valence-electron chi connectivity index (χ2n) is 5.27. The summed E-state index contributed by atoms with van der Waals surface area (Å²) in [5.41, 5.74) is 6.40. The Kier molecular flexibility index (Phi) is 4.02. The SMILES string of the molecule is C[C@@H](CN)NC(=O)C1(c2ccccc2)CCCC1. The van der Waals surface area contributed by atoms with Crippen LogP contribution < -0.4 is 11.1 Å². The van der Waals surface area contributed by atoms with Crippen LogP contribution in [0.15, 0.2) is 30.3 Å². The van der Waals surface area contributed by atoms with Crippen LogP contribution in [0.25, 0.3) is 0 Å². The molecule has 1 amide bonds. The van der Waals surface area contributed by atoms with Crippen molar-refractivity contribution in [3.8, 4) is 0 Å². The summed E-state index contributed by atoms with van der Waals surface area (Å²) in [5.74, 6) is 0.143. The second-order valence-corrected chi connectivity index (χ2v) is 5.27. The van der Waals surface area contributed by atoms with Crippen molar-refractivity contribution in [3.63, 3.8) is 0 Å². The van der Waals surface area contributed by atoms with Crippen molar-refractivity contribution >= 4 is 5.91 Å². The molecule has 3 heteroatoms. The van der Waals surface area contributed by atoms with Gasteiger partial charge < -0.3 is 11.1 Å². The largest absolute Gasteiger partial charge is 0.352 e. The molecule has 0 aliphatic heterocycles. The first-order valence-corrected chi connectivity index (χ1v) is 6.75. The molecule has 0 bridgehead atoms. The molecule has 98 valence electrons. The summed E-state index contributed by atoms with van der Waals surface area (Å²) < 4.78 is 0. The zero-order chi connectivity index (χ0) is 13.0. The van der Waals surface area contributed by atoms with Crippen LogP contribution in [0.1, 0.15) is 38.2 Å². The van der Waals surface area contributed by atoms with Crippen molar-refractivity contribution in [2.24, 2.45) is 5.73 Å². The van der Waals surface area contributed by atoms with E-state index in [1.54, 1.807) is 0 Å². The molecule has 0 aromatic heterocycles. The van der Waals surface area contributed by atoms with Gasteiger partial charge in [-0.2, -0.15) is 0 Å². The van der Waals surface area contributed by atoms with Crippen molar-refractivity contribution in [1.29, 1.82) is 0 Å². The van der Waals surface area contributed by atoms with Crippen molar-refractivity contribution in [2.45, 2.75) is 44.1 Å². The molecule has 3 N–H and O–H groups in total. The maximum atomic E-state index is 12.6. The minimum absolute atomic E-state index is 0.0405. The average Bonchev–Trinajstić information content (AvgIpc) is 2.90. The van der Waals surface area contributed by atoms with E-state index in [-0.39, 0.29) is 17.4 Å². The lowest BCUT2D eigenvalue weighted by molar-refractivity contribution is -0.127. The molecule has 1 atom stereocenters. The first-order chi connectivity index (χ1) is 8.69. The molecule has 1 aliphatic carbocycles. The summed E-state index contributed by atoms with van der Waals surface area (Å²) in [7, 11) is 0. The highest BCUT2D eigenvalue weighted by Crippen LogP contribution is 2.41. The number of nitrogens with two attached hydrogens (primary N) is 1. The molecule has 0 heterocycles. The van der Waals surface area contributed by atoms with Crippen molar-refractivity contribution in [2.75, 3.05) is 6.54 Å². The van der Waals surface area contributed by atoms with Crippen LogP contribution in [0.4, 0.5) is 0 Å². The van der Waals surface area contributed by atoms with Crippen LogP contribution in [0.2, 0.25) is 0 Å². The van der Waals surface area contributed by atoms with Gasteiger partial charge in [-0.3, -0.25) is 4.79 Å². The van der Waals surface area contributed by atoms with Gasteiger partial charge in [0, 0.05) is 12.6 Å². The first kappa shape index (κ1) is 13.1. The third-order valence-corrected chi connectivity index (χ3v) is 3.95. The molecule has 1 aromatic carbocycles. The van der Waals surface area contributed by atoms with E-state index in [0.29, 0.717) is 6.54 Å². The highest BCUT2D eigenvalue weighted by molar-refractivity contribution is 5.88. The molecule has 18 heavy (non-hydrogen) atoms. The van der Waals surface area contributed by atoms with Crippen molar-refractivity contribution in [3.05, 3.63) is 35.9 Å². The molecule has 0 radical (unpaired) electrons. The Morgan fingerprint density at radius 3 is 2.50 bits per heavy atom. The summed E-state index contributed by atoms with van der Waals surface area (Å²) in [6.45, 7) is 2.43. The minimum atomic E-state index is -0.329. The minimum Gasteiger partial charge on any atom is -0.352 e. The maximum absolute atomic E-state index is 12.6. The van der Waals surface area contributed by atoms with Gasteiger partial charge in [0.25, 0.3) is 0 Å². The monoisotopic (exact) mass is 246 g/mol. The standard InChI is InChI=1S/C15H22N2O/c1-12(11-16)17-14(18)15(9-5-6-10-15)13-7-3-2-4-8-13/h2-4,7-8,12H,5-6,9-11,16H2,1H3,(H,17,18)/t12-/m0/s1. The van der Waals surface area contributed by atoms with Gasteiger partial charge in [0.15, 0.2) is 0 Å². The molecule has 1 fully saturated rings. The highest BCUT2D eigenvalue weighted by atomic mass is 16.2. The number of carbonyl (C=O) groups is 1. The molecule has 3 nitrogen and oxygen atoms in total. The van der Waals surface area contributed by atoms with E-state index in [2.05, 4.69) is 17.4 Å². The number of benzene rings is 1. The van der Waals surface area contributed by atoms with Gasteiger partial charge in [-0.15, -0.1) is 0 Å². The van der Waals surface area contributed by atoms with E-state index < -0.39 is 0 Å². The predicted molar refractivity (Wildman–Crippen MR) is 73.2 cm³/mol. The maximum Gasteiger partial charge on any atom is 0.230 e. The van der Waals surface area contributed by atoms with Crippen LogP contribution in [-0.4, -0.2) is 18.5 Å². The smallest absolute Gasteiger partial charge is 0.230 e. The van der Waals surface area contributed by atoms with Gasteiger partial charge in [-0.1, -0.05) is 43.2 Å². The number of nitrogens with one attached hydrogen (secondary N) is 1. The lowest BCUT2D eigenvalue weighted by Gasteiger charge is -2.29. The van der Waals surface area contributed by atoms with Gasteiger partial charge in [-0.05, 0) is 25.3 Å². The lowest BCUT2D eigenvalue weighted by Crippen LogP contribution is -2.48. The summed E-state index contributed by atoms with van der Waals surface area (Å²) in [5, 5.41) is 3.05. The molecule has 1 aromatic rings. The van der Waals surface area contributed by atoms with Crippen LogP contribution in [0.5, 0.6) is 0 Å². The Morgan fingerprint density at radius 2 is 1.94 bits per heavy atom. The van der Waals surface area contributed by atoms with Crippen molar-refractivity contribution < 1.29 is 4.79 Å². The van der Waals surface area contributed by atoms with E-state index in [1.807, 2.05) is 25.1 Å². The summed E-state index contributed by atoms with van der Waals surface area (Å²) in [4.78, 5) is 12.6. The normalized spacial score (nSPS) is 19.4. The van der Waals surface area contributed by atoms with E-state index in [1.165, 1.54) is 0 Å². The quantitative estimate of drug-likeness (QED) is 0.853. The van der Waals surface area contributed by atoms with Crippen LogP contribution in [0.3, 0.4) is 0 Å². The van der Waals surface area contributed by atoms with E-state index in [0.717, 1.165) is 31.2 Å². The predicted octanol–water partition coefficient (Wildman–Crippen LogP) is 1.96. The third-order valence-electron chi connectivity index (χ3n) is 3.95. The Labute approximate surface area is 109 Å². The van der Waals surface area contributed by atoms with Crippen LogP contribution >= 0.6 is 0 Å². The average molecular weight is 246 g/mol. The fourth-order valence-corrected chi connectivity index (χ4v) is 2.80. The summed E-state index contributed by atoms with van der Waals surface area (Å²) in [6.07, 6.45) is 4.14. The second kappa shape index (κ2) is 5.53. The van der Waals surface area contributed by atoms with Gasteiger partial charge in [-0.25, -0.2) is 0 Å². The Hall–Kier alpha value is -1.35. The van der Waals surface area contributed by atoms with E-state index in [4.69, 9.17) is 5.73 Å². The number of rotatable bonds is 4. The Bertz CT molecular complexity index is 396. The Morgan fingerprint density at radius 1 is 1.33 bits per heavy atom. The number of amides is 1. The summed E-state index contributed by atoms with van der Waals surface area (Å²) in [6, 6.07) is 10.2. The molecule has 2 rings (SSSR count). The topological polar surface area (TPSA) is 55.1 Å². The first-order valence-electron chi connectivity index (χ1n) is 6.75. The number of hydrogen-bond acceptors (Lipinski definition) is 2.